The van der Waals surface area contributed by atoms with Crippen molar-refractivity contribution in [1.82, 2.24) is 15.5 Å². The van der Waals surface area contributed by atoms with E-state index in [9.17, 15) is 14.0 Å². The van der Waals surface area contributed by atoms with Crippen LogP contribution in [0.1, 0.15) is 5.56 Å². The molecule has 0 heterocycles. The Balaban J connectivity index is 2.44. The predicted molar refractivity (Wildman–Crippen MR) is 65.3 cm³/mol. The lowest BCUT2D eigenvalue weighted by Crippen LogP contribution is -2.42. The number of hydrogen-bond acceptors (Lipinski definition) is 3. The molecule has 1 aromatic carbocycles. The highest BCUT2D eigenvalue weighted by atomic mass is 19.1. The van der Waals surface area contributed by atoms with Gasteiger partial charge in [0.1, 0.15) is 5.82 Å². The molecule has 18 heavy (non-hydrogen) atoms. The minimum absolute atomic E-state index is 0.0595. The SMILES string of the molecule is CNC(=O)NC(=O)CN(C)Cc1cccc(F)c1. The molecule has 6 heteroatoms. The first-order valence-electron chi connectivity index (χ1n) is 5.46. The third-order valence-corrected chi connectivity index (χ3v) is 2.24. The fourth-order valence-electron chi connectivity index (χ4n) is 1.48. The molecule has 0 aromatic heterocycles. The van der Waals surface area contributed by atoms with Gasteiger partial charge in [0.15, 0.2) is 0 Å². The molecule has 0 unspecified atom stereocenters. The molecule has 0 atom stereocenters. The molecule has 0 radical (unpaired) electrons. The summed E-state index contributed by atoms with van der Waals surface area (Å²) < 4.78 is 12.9. The van der Waals surface area contributed by atoms with E-state index in [4.69, 9.17) is 0 Å². The van der Waals surface area contributed by atoms with Gasteiger partial charge in [0.05, 0.1) is 6.54 Å². The average molecular weight is 253 g/mol. The first-order chi connectivity index (χ1) is 8.51. The Morgan fingerprint density at radius 1 is 1.39 bits per heavy atom. The molecular formula is C12H16FN3O2. The largest absolute Gasteiger partial charge is 0.341 e. The van der Waals surface area contributed by atoms with Crippen LogP contribution in [-0.4, -0.2) is 37.5 Å². The van der Waals surface area contributed by atoms with Gasteiger partial charge in [-0.3, -0.25) is 15.0 Å². The van der Waals surface area contributed by atoms with Crippen LogP contribution in [0.5, 0.6) is 0 Å². The smallest absolute Gasteiger partial charge is 0.321 e. The molecular weight excluding hydrogens is 237 g/mol. The van der Waals surface area contributed by atoms with E-state index in [-0.39, 0.29) is 12.4 Å². The third kappa shape index (κ3) is 4.92. The average Bonchev–Trinajstić information content (AvgIpc) is 2.28. The number of imide groups is 1. The van der Waals surface area contributed by atoms with Gasteiger partial charge >= 0.3 is 6.03 Å². The lowest BCUT2D eigenvalue weighted by Gasteiger charge is -2.15. The van der Waals surface area contributed by atoms with Gasteiger partial charge in [0, 0.05) is 13.6 Å². The van der Waals surface area contributed by atoms with Crippen LogP contribution in [0.4, 0.5) is 9.18 Å². The number of carbonyl (C=O) groups excluding carboxylic acids is 2. The molecule has 2 N–H and O–H groups in total. The third-order valence-electron chi connectivity index (χ3n) is 2.24. The van der Waals surface area contributed by atoms with E-state index in [1.807, 2.05) is 0 Å². The van der Waals surface area contributed by atoms with E-state index in [1.54, 1.807) is 24.1 Å². The van der Waals surface area contributed by atoms with Crippen molar-refractivity contribution in [3.05, 3.63) is 35.6 Å². The monoisotopic (exact) mass is 253 g/mol. The summed E-state index contributed by atoms with van der Waals surface area (Å²) in [5.41, 5.74) is 0.769. The second-order valence-electron chi connectivity index (χ2n) is 3.93. The number of amides is 3. The van der Waals surface area contributed by atoms with Crippen molar-refractivity contribution in [3.8, 4) is 0 Å². The molecule has 0 fully saturated rings. The molecule has 0 aliphatic rings. The van der Waals surface area contributed by atoms with Crippen LogP contribution in [0.2, 0.25) is 0 Å². The number of benzene rings is 1. The van der Waals surface area contributed by atoms with Crippen molar-refractivity contribution >= 4 is 11.9 Å². The zero-order valence-corrected chi connectivity index (χ0v) is 10.4. The minimum Gasteiger partial charge on any atom is -0.341 e. The van der Waals surface area contributed by atoms with Crippen molar-refractivity contribution in [2.45, 2.75) is 6.54 Å². The highest BCUT2D eigenvalue weighted by molar-refractivity contribution is 5.95. The topological polar surface area (TPSA) is 61.4 Å². The number of rotatable bonds is 4. The molecule has 0 aliphatic heterocycles. The molecule has 3 amide bonds. The lowest BCUT2D eigenvalue weighted by molar-refractivity contribution is -0.120. The summed E-state index contributed by atoms with van der Waals surface area (Å²) in [5, 5.41) is 4.44. The number of likely N-dealkylation sites (N-methyl/N-ethyl adjacent to an activating group) is 1. The molecule has 1 aromatic rings. The predicted octanol–water partition coefficient (Wildman–Crippen LogP) is 0.713. The van der Waals surface area contributed by atoms with Gasteiger partial charge in [0.25, 0.3) is 0 Å². The summed E-state index contributed by atoms with van der Waals surface area (Å²) in [5.74, 6) is -0.719. The summed E-state index contributed by atoms with van der Waals surface area (Å²) in [6, 6.07) is 5.62. The summed E-state index contributed by atoms with van der Waals surface area (Å²) in [6.45, 7) is 0.489. The quantitative estimate of drug-likeness (QED) is 0.831. The maximum absolute atomic E-state index is 12.9. The number of urea groups is 1. The Morgan fingerprint density at radius 2 is 2.11 bits per heavy atom. The highest BCUT2D eigenvalue weighted by Crippen LogP contribution is 2.05. The second kappa shape index (κ2) is 6.70. The van der Waals surface area contributed by atoms with Crippen LogP contribution in [-0.2, 0) is 11.3 Å². The number of carbonyl (C=O) groups is 2. The molecule has 0 bridgehead atoms. The lowest BCUT2D eigenvalue weighted by atomic mass is 10.2. The summed E-state index contributed by atoms with van der Waals surface area (Å²) in [6.07, 6.45) is 0. The summed E-state index contributed by atoms with van der Waals surface area (Å²) in [7, 11) is 3.15. The number of hydrogen-bond donors (Lipinski definition) is 2. The van der Waals surface area contributed by atoms with Crippen LogP contribution < -0.4 is 10.6 Å². The van der Waals surface area contributed by atoms with E-state index in [0.29, 0.717) is 6.54 Å². The zero-order chi connectivity index (χ0) is 13.5. The maximum Gasteiger partial charge on any atom is 0.321 e. The molecule has 1 rings (SSSR count). The molecule has 98 valence electrons. The molecule has 0 aliphatic carbocycles. The van der Waals surface area contributed by atoms with Crippen LogP contribution in [0.25, 0.3) is 0 Å². The first-order valence-corrected chi connectivity index (χ1v) is 5.46. The van der Waals surface area contributed by atoms with Crippen LogP contribution in [0.3, 0.4) is 0 Å². The Kier molecular flexibility index (Phi) is 5.26. The van der Waals surface area contributed by atoms with E-state index in [2.05, 4.69) is 10.6 Å². The van der Waals surface area contributed by atoms with Gasteiger partial charge in [-0.1, -0.05) is 12.1 Å². The van der Waals surface area contributed by atoms with Gasteiger partial charge in [-0.2, -0.15) is 0 Å². The summed E-state index contributed by atoms with van der Waals surface area (Å²) >= 11 is 0. The normalized spacial score (nSPS) is 10.2. The molecule has 0 saturated heterocycles. The van der Waals surface area contributed by atoms with Crippen molar-refractivity contribution in [1.29, 1.82) is 0 Å². The number of halogens is 1. The van der Waals surface area contributed by atoms with Crippen molar-refractivity contribution in [2.24, 2.45) is 0 Å². The van der Waals surface area contributed by atoms with Gasteiger partial charge < -0.3 is 5.32 Å². The standard InChI is InChI=1S/C12H16FN3O2/c1-14-12(18)15-11(17)8-16(2)7-9-4-3-5-10(13)6-9/h3-6H,7-8H2,1-2H3,(H2,14,15,17,18). The van der Waals surface area contributed by atoms with Crippen molar-refractivity contribution in [2.75, 3.05) is 20.6 Å². The minimum atomic E-state index is -0.542. The number of nitrogens with zero attached hydrogens (tertiary/aromatic N) is 1. The van der Waals surface area contributed by atoms with Gasteiger partial charge in [-0.15, -0.1) is 0 Å². The van der Waals surface area contributed by atoms with E-state index < -0.39 is 11.9 Å². The zero-order valence-electron chi connectivity index (χ0n) is 10.4. The van der Waals surface area contributed by atoms with E-state index in [1.165, 1.54) is 19.2 Å². The fraction of sp³-hybridized carbons (Fsp3) is 0.333. The highest BCUT2D eigenvalue weighted by Gasteiger charge is 2.09. The van der Waals surface area contributed by atoms with E-state index >= 15 is 0 Å². The Bertz CT molecular complexity index is 437. The van der Waals surface area contributed by atoms with Crippen molar-refractivity contribution in [3.63, 3.8) is 0 Å². The molecule has 0 spiro atoms. The fourth-order valence-corrected chi connectivity index (χ4v) is 1.48. The Morgan fingerprint density at radius 3 is 2.72 bits per heavy atom. The molecule has 0 saturated carbocycles. The van der Waals surface area contributed by atoms with Crippen LogP contribution in [0.15, 0.2) is 24.3 Å². The van der Waals surface area contributed by atoms with Crippen LogP contribution in [0, 0.1) is 5.82 Å². The van der Waals surface area contributed by atoms with E-state index in [0.717, 1.165) is 5.56 Å². The summed E-state index contributed by atoms with van der Waals surface area (Å²) in [4.78, 5) is 24.0. The maximum atomic E-state index is 12.9. The second-order valence-corrected chi connectivity index (χ2v) is 3.93. The van der Waals surface area contributed by atoms with Gasteiger partial charge in [-0.25, -0.2) is 9.18 Å². The van der Waals surface area contributed by atoms with Crippen LogP contribution >= 0.6 is 0 Å². The first kappa shape index (κ1) is 14.1. The number of nitrogens with one attached hydrogen (secondary N) is 2. The molecule has 5 nitrogen and oxygen atoms in total. The van der Waals surface area contributed by atoms with Gasteiger partial charge in [0.2, 0.25) is 5.91 Å². The van der Waals surface area contributed by atoms with Gasteiger partial charge in [-0.05, 0) is 24.7 Å². The van der Waals surface area contributed by atoms with Crippen molar-refractivity contribution < 1.29 is 14.0 Å². The Hall–Kier alpha value is -1.95. The Labute approximate surface area is 105 Å².